The molecule has 1 atom stereocenters. The number of pyridine rings is 1. The van der Waals surface area contributed by atoms with Crippen LogP contribution in [0.25, 0.3) is 0 Å². The number of nitrogen functional groups attached to an aromatic ring is 1. The molecule has 1 aliphatic heterocycles. The van der Waals surface area contributed by atoms with Crippen LogP contribution >= 0.6 is 23.4 Å². The highest BCUT2D eigenvalue weighted by atomic mass is 35.5. The predicted molar refractivity (Wildman–Crippen MR) is 67.6 cm³/mol. The van der Waals surface area contributed by atoms with E-state index in [2.05, 4.69) is 10.3 Å². The maximum Gasteiger partial charge on any atom is 0.150 e. The Morgan fingerprint density at radius 2 is 2.47 bits per heavy atom. The highest BCUT2D eigenvalue weighted by Crippen LogP contribution is 2.25. The summed E-state index contributed by atoms with van der Waals surface area (Å²) in [5.74, 6) is 3.94. The Balaban J connectivity index is 1.94. The number of hydrogen-bond acceptors (Lipinski definition) is 4. The van der Waals surface area contributed by atoms with Crippen molar-refractivity contribution in [1.29, 1.82) is 0 Å². The lowest BCUT2D eigenvalue weighted by Gasteiger charge is -2.12. The second-order valence-electron chi connectivity index (χ2n) is 3.68. The topological polar surface area (TPSA) is 50.9 Å². The molecule has 1 saturated heterocycles. The smallest absolute Gasteiger partial charge is 0.150 e. The van der Waals surface area contributed by atoms with E-state index in [0.29, 0.717) is 16.7 Å². The van der Waals surface area contributed by atoms with Crippen LogP contribution in [0.5, 0.6) is 0 Å². The molecule has 0 spiro atoms. The highest BCUT2D eigenvalue weighted by molar-refractivity contribution is 7.99. The fourth-order valence-corrected chi connectivity index (χ4v) is 3.01. The standard InChI is InChI=1S/C10H14ClN3S/c11-9-2-1-8(12)10(14-9)13-5-7-3-4-15-6-7/h1-2,7H,3-6,12H2,(H,13,14). The lowest BCUT2D eigenvalue weighted by molar-refractivity contribution is 0.631. The molecule has 0 bridgehead atoms. The molecule has 2 heterocycles. The summed E-state index contributed by atoms with van der Waals surface area (Å²) in [6.45, 7) is 0.935. The van der Waals surface area contributed by atoms with Gasteiger partial charge in [-0.25, -0.2) is 4.98 Å². The summed E-state index contributed by atoms with van der Waals surface area (Å²) in [7, 11) is 0. The van der Waals surface area contributed by atoms with E-state index in [1.807, 2.05) is 11.8 Å². The molecule has 2 rings (SSSR count). The van der Waals surface area contributed by atoms with Gasteiger partial charge in [0.05, 0.1) is 5.69 Å². The molecule has 3 nitrogen and oxygen atoms in total. The number of halogens is 1. The van der Waals surface area contributed by atoms with E-state index in [4.69, 9.17) is 17.3 Å². The number of hydrogen-bond donors (Lipinski definition) is 2. The van der Waals surface area contributed by atoms with Gasteiger partial charge in [-0.15, -0.1) is 0 Å². The first-order chi connectivity index (χ1) is 7.25. The van der Waals surface area contributed by atoms with Crippen LogP contribution in [0.1, 0.15) is 6.42 Å². The third-order valence-corrected chi connectivity index (χ3v) is 3.92. The monoisotopic (exact) mass is 243 g/mol. The number of rotatable bonds is 3. The van der Waals surface area contributed by atoms with Gasteiger partial charge in [-0.05, 0) is 36.0 Å². The summed E-state index contributed by atoms with van der Waals surface area (Å²) < 4.78 is 0. The van der Waals surface area contributed by atoms with Gasteiger partial charge in [0.2, 0.25) is 0 Å². The first kappa shape index (κ1) is 10.9. The first-order valence-electron chi connectivity index (χ1n) is 4.99. The fraction of sp³-hybridized carbons (Fsp3) is 0.500. The van der Waals surface area contributed by atoms with Gasteiger partial charge in [0.25, 0.3) is 0 Å². The molecule has 15 heavy (non-hydrogen) atoms. The number of anilines is 2. The Labute approximate surface area is 98.8 Å². The van der Waals surface area contributed by atoms with Crippen molar-refractivity contribution in [3.05, 3.63) is 17.3 Å². The lowest BCUT2D eigenvalue weighted by Crippen LogP contribution is -2.15. The molecule has 3 N–H and O–H groups in total. The number of nitrogens with one attached hydrogen (secondary N) is 1. The van der Waals surface area contributed by atoms with Crippen molar-refractivity contribution in [3.8, 4) is 0 Å². The Bertz CT molecular complexity index is 339. The molecule has 0 saturated carbocycles. The van der Waals surface area contributed by atoms with Gasteiger partial charge < -0.3 is 11.1 Å². The van der Waals surface area contributed by atoms with E-state index in [9.17, 15) is 0 Å². The molecule has 1 aromatic heterocycles. The van der Waals surface area contributed by atoms with Gasteiger partial charge in [0.1, 0.15) is 5.15 Å². The molecule has 0 amide bonds. The van der Waals surface area contributed by atoms with Crippen LogP contribution in [0, 0.1) is 5.92 Å². The zero-order valence-electron chi connectivity index (χ0n) is 8.37. The van der Waals surface area contributed by atoms with Crippen LogP contribution in [-0.2, 0) is 0 Å². The quantitative estimate of drug-likeness (QED) is 0.801. The van der Waals surface area contributed by atoms with E-state index in [1.54, 1.807) is 12.1 Å². The zero-order valence-corrected chi connectivity index (χ0v) is 9.94. The van der Waals surface area contributed by atoms with Gasteiger partial charge in [0.15, 0.2) is 5.82 Å². The number of aromatic nitrogens is 1. The summed E-state index contributed by atoms with van der Waals surface area (Å²) in [5.41, 5.74) is 6.44. The van der Waals surface area contributed by atoms with Crippen LogP contribution in [0.3, 0.4) is 0 Å². The van der Waals surface area contributed by atoms with Crippen molar-refractivity contribution in [2.75, 3.05) is 29.1 Å². The number of nitrogens with zero attached hydrogens (tertiary/aromatic N) is 1. The third-order valence-electron chi connectivity index (χ3n) is 2.47. The van der Waals surface area contributed by atoms with Gasteiger partial charge in [0, 0.05) is 6.54 Å². The van der Waals surface area contributed by atoms with E-state index >= 15 is 0 Å². The molecule has 1 aliphatic rings. The summed E-state index contributed by atoms with van der Waals surface area (Å²) >= 11 is 7.81. The average Bonchev–Trinajstić information content (AvgIpc) is 2.72. The second-order valence-corrected chi connectivity index (χ2v) is 5.22. The molecular formula is C10H14ClN3S. The molecule has 0 aromatic carbocycles. The summed E-state index contributed by atoms with van der Waals surface area (Å²) in [5, 5.41) is 3.74. The van der Waals surface area contributed by atoms with E-state index in [1.165, 1.54) is 17.9 Å². The SMILES string of the molecule is Nc1ccc(Cl)nc1NCC1CCSC1. The summed E-state index contributed by atoms with van der Waals surface area (Å²) in [6, 6.07) is 3.48. The van der Waals surface area contributed by atoms with Crippen molar-refractivity contribution in [3.63, 3.8) is 0 Å². The molecule has 5 heteroatoms. The predicted octanol–water partition coefficient (Wildman–Crippen LogP) is 2.48. The van der Waals surface area contributed by atoms with Crippen LogP contribution in [0.4, 0.5) is 11.5 Å². The molecular weight excluding hydrogens is 230 g/mol. The third kappa shape index (κ3) is 2.92. The van der Waals surface area contributed by atoms with Crippen LogP contribution in [0.15, 0.2) is 12.1 Å². The van der Waals surface area contributed by atoms with Crippen LogP contribution < -0.4 is 11.1 Å². The van der Waals surface area contributed by atoms with Gasteiger partial charge in [-0.1, -0.05) is 11.6 Å². The van der Waals surface area contributed by atoms with E-state index in [0.717, 1.165) is 12.5 Å². The van der Waals surface area contributed by atoms with Crippen molar-refractivity contribution < 1.29 is 0 Å². The normalized spacial score (nSPS) is 20.5. The molecule has 1 aromatic rings. The Morgan fingerprint density at radius 3 is 3.20 bits per heavy atom. The number of nitrogens with two attached hydrogens (primary N) is 1. The zero-order chi connectivity index (χ0) is 10.7. The van der Waals surface area contributed by atoms with E-state index < -0.39 is 0 Å². The lowest BCUT2D eigenvalue weighted by atomic mass is 10.1. The van der Waals surface area contributed by atoms with Crippen molar-refractivity contribution in [2.24, 2.45) is 5.92 Å². The minimum absolute atomic E-state index is 0.479. The minimum atomic E-state index is 0.479. The molecule has 0 radical (unpaired) electrons. The number of thioether (sulfide) groups is 1. The largest absolute Gasteiger partial charge is 0.396 e. The summed E-state index contributed by atoms with van der Waals surface area (Å²) in [6.07, 6.45) is 1.28. The van der Waals surface area contributed by atoms with E-state index in [-0.39, 0.29) is 0 Å². The Kier molecular flexibility index (Phi) is 3.59. The van der Waals surface area contributed by atoms with Crippen molar-refractivity contribution >= 4 is 34.9 Å². The first-order valence-corrected chi connectivity index (χ1v) is 6.52. The van der Waals surface area contributed by atoms with Crippen molar-refractivity contribution in [1.82, 2.24) is 4.98 Å². The second kappa shape index (κ2) is 4.94. The molecule has 82 valence electrons. The van der Waals surface area contributed by atoms with Crippen LogP contribution in [0.2, 0.25) is 5.15 Å². The van der Waals surface area contributed by atoms with Crippen molar-refractivity contribution in [2.45, 2.75) is 6.42 Å². The summed E-state index contributed by atoms with van der Waals surface area (Å²) in [4.78, 5) is 4.16. The highest BCUT2D eigenvalue weighted by Gasteiger charge is 2.15. The average molecular weight is 244 g/mol. The van der Waals surface area contributed by atoms with Gasteiger partial charge >= 0.3 is 0 Å². The van der Waals surface area contributed by atoms with Crippen LogP contribution in [-0.4, -0.2) is 23.0 Å². The maximum atomic E-state index is 5.80. The Morgan fingerprint density at radius 1 is 1.60 bits per heavy atom. The minimum Gasteiger partial charge on any atom is -0.396 e. The van der Waals surface area contributed by atoms with Gasteiger partial charge in [-0.2, -0.15) is 11.8 Å². The molecule has 1 unspecified atom stereocenters. The fourth-order valence-electron chi connectivity index (χ4n) is 1.57. The maximum absolute atomic E-state index is 5.80. The molecule has 0 aliphatic carbocycles. The van der Waals surface area contributed by atoms with Gasteiger partial charge in [-0.3, -0.25) is 0 Å². The molecule has 1 fully saturated rings. The Hall–Kier alpha value is -0.610.